The number of ether oxygens (including phenoxy) is 3. The number of rotatable bonds is 4. The van der Waals surface area contributed by atoms with Gasteiger partial charge in [0.2, 0.25) is 0 Å². The third kappa shape index (κ3) is 2.61. The highest BCUT2D eigenvalue weighted by molar-refractivity contribution is 5.55. The summed E-state index contributed by atoms with van der Waals surface area (Å²) in [6.07, 6.45) is 0.864. The van der Waals surface area contributed by atoms with Crippen LogP contribution < -0.4 is 19.9 Å². The summed E-state index contributed by atoms with van der Waals surface area (Å²) in [6.45, 7) is 2.61. The second kappa shape index (κ2) is 6.25. The highest BCUT2D eigenvalue weighted by atomic mass is 16.5. The number of aryl methyl sites for hydroxylation is 2. The van der Waals surface area contributed by atoms with E-state index in [9.17, 15) is 4.79 Å². The molecule has 1 aliphatic heterocycles. The van der Waals surface area contributed by atoms with Crippen LogP contribution >= 0.6 is 0 Å². The van der Waals surface area contributed by atoms with Crippen molar-refractivity contribution in [2.45, 2.75) is 13.3 Å². The predicted molar refractivity (Wildman–Crippen MR) is 95.8 cm³/mol. The van der Waals surface area contributed by atoms with Crippen LogP contribution in [0.25, 0.3) is 5.69 Å². The Hall–Kier alpha value is -3.22. The Labute approximate surface area is 150 Å². The van der Waals surface area contributed by atoms with Crippen LogP contribution in [-0.2, 0) is 13.5 Å². The highest BCUT2D eigenvalue weighted by Gasteiger charge is 2.20. The number of para-hydroxylation sites is 1. The lowest BCUT2D eigenvalue weighted by molar-refractivity contribution is 0.356. The molecule has 0 N–H and O–H groups in total. The fourth-order valence-corrected chi connectivity index (χ4v) is 3.12. The van der Waals surface area contributed by atoms with Crippen LogP contribution in [0.1, 0.15) is 11.1 Å². The number of benzene rings is 2. The summed E-state index contributed by atoms with van der Waals surface area (Å²) in [4.78, 5) is 12.6. The molecule has 0 radical (unpaired) electrons. The van der Waals surface area contributed by atoms with E-state index in [1.807, 2.05) is 43.3 Å². The summed E-state index contributed by atoms with van der Waals surface area (Å²) in [6, 6.07) is 11.6. The van der Waals surface area contributed by atoms with Crippen molar-refractivity contribution in [3.63, 3.8) is 0 Å². The van der Waals surface area contributed by atoms with E-state index in [0.717, 1.165) is 23.3 Å². The zero-order valence-electron chi connectivity index (χ0n) is 14.9. The van der Waals surface area contributed by atoms with Crippen molar-refractivity contribution in [3.05, 3.63) is 58.0 Å². The van der Waals surface area contributed by atoms with Crippen molar-refractivity contribution in [2.75, 3.05) is 13.7 Å². The average molecular weight is 353 g/mol. The fraction of sp³-hybridized carbons (Fsp3) is 0.263. The van der Waals surface area contributed by atoms with Gasteiger partial charge in [0.15, 0.2) is 5.75 Å². The SMILES string of the molecule is COc1nn(C)c(=O)n1-c1c(C)cccc1Oc1ccc2c(c1)CCO2. The molecule has 7 nitrogen and oxygen atoms in total. The Morgan fingerprint density at radius 1 is 1.23 bits per heavy atom. The van der Waals surface area contributed by atoms with E-state index >= 15 is 0 Å². The van der Waals surface area contributed by atoms with Gasteiger partial charge in [-0.15, -0.1) is 5.10 Å². The zero-order chi connectivity index (χ0) is 18.3. The van der Waals surface area contributed by atoms with Gasteiger partial charge in [-0.25, -0.2) is 14.0 Å². The molecule has 0 saturated carbocycles. The number of hydrogen-bond acceptors (Lipinski definition) is 5. The summed E-state index contributed by atoms with van der Waals surface area (Å²) in [5.74, 6) is 2.14. The van der Waals surface area contributed by atoms with Crippen LogP contribution in [0, 0.1) is 6.92 Å². The minimum absolute atomic E-state index is 0.207. The minimum Gasteiger partial charge on any atom is -0.493 e. The molecule has 0 fully saturated rings. The molecular weight excluding hydrogens is 334 g/mol. The number of nitrogens with zero attached hydrogens (tertiary/aromatic N) is 3. The quantitative estimate of drug-likeness (QED) is 0.721. The Bertz CT molecular complexity index is 1040. The molecule has 0 bridgehead atoms. The maximum atomic E-state index is 12.6. The van der Waals surface area contributed by atoms with Gasteiger partial charge in [-0.1, -0.05) is 12.1 Å². The molecule has 0 unspecified atom stereocenters. The lowest BCUT2D eigenvalue weighted by atomic mass is 10.1. The topological polar surface area (TPSA) is 67.5 Å². The van der Waals surface area contributed by atoms with Crippen molar-refractivity contribution < 1.29 is 14.2 Å². The Morgan fingerprint density at radius 2 is 2.08 bits per heavy atom. The van der Waals surface area contributed by atoms with Gasteiger partial charge in [-0.3, -0.25) is 0 Å². The van der Waals surface area contributed by atoms with E-state index in [-0.39, 0.29) is 11.7 Å². The minimum atomic E-state index is -0.302. The van der Waals surface area contributed by atoms with Crippen LogP contribution in [-0.4, -0.2) is 28.1 Å². The third-order valence-electron chi connectivity index (χ3n) is 4.39. The highest BCUT2D eigenvalue weighted by Crippen LogP contribution is 2.35. The van der Waals surface area contributed by atoms with Crippen molar-refractivity contribution >= 4 is 0 Å². The largest absolute Gasteiger partial charge is 0.493 e. The first-order valence-electron chi connectivity index (χ1n) is 8.32. The molecule has 4 rings (SSSR count). The Balaban J connectivity index is 1.82. The summed E-state index contributed by atoms with van der Waals surface area (Å²) in [5.41, 5.74) is 2.30. The fourth-order valence-electron chi connectivity index (χ4n) is 3.12. The summed E-state index contributed by atoms with van der Waals surface area (Å²) in [5, 5.41) is 4.11. The van der Waals surface area contributed by atoms with E-state index in [1.54, 1.807) is 7.05 Å². The standard InChI is InChI=1S/C19H19N3O4/c1-12-5-4-6-16(17(12)22-18(24-3)20-21(2)19(22)23)26-14-7-8-15-13(11-14)9-10-25-15/h4-8,11H,9-10H2,1-3H3. The molecule has 1 aliphatic rings. The maximum Gasteiger partial charge on any atom is 0.353 e. The van der Waals surface area contributed by atoms with Gasteiger partial charge in [0, 0.05) is 19.0 Å². The van der Waals surface area contributed by atoms with Gasteiger partial charge in [0.1, 0.15) is 17.2 Å². The lowest BCUT2D eigenvalue weighted by Gasteiger charge is -2.15. The third-order valence-corrected chi connectivity index (χ3v) is 4.39. The maximum absolute atomic E-state index is 12.6. The van der Waals surface area contributed by atoms with Gasteiger partial charge in [0.25, 0.3) is 0 Å². The van der Waals surface area contributed by atoms with E-state index in [1.165, 1.54) is 16.4 Å². The summed E-state index contributed by atoms with van der Waals surface area (Å²) >= 11 is 0. The molecule has 0 aliphatic carbocycles. The molecule has 0 amide bonds. The molecule has 134 valence electrons. The molecule has 0 saturated heterocycles. The smallest absolute Gasteiger partial charge is 0.353 e. The number of aromatic nitrogens is 3. The average Bonchev–Trinajstić information content (AvgIpc) is 3.20. The van der Waals surface area contributed by atoms with Crippen molar-refractivity contribution in [2.24, 2.45) is 7.05 Å². The molecule has 7 heteroatoms. The van der Waals surface area contributed by atoms with Crippen LogP contribution in [0.5, 0.6) is 23.3 Å². The molecule has 2 heterocycles. The van der Waals surface area contributed by atoms with Crippen LogP contribution in [0.2, 0.25) is 0 Å². The van der Waals surface area contributed by atoms with Gasteiger partial charge in [-0.05, 0) is 36.8 Å². The summed E-state index contributed by atoms with van der Waals surface area (Å²) in [7, 11) is 3.07. The summed E-state index contributed by atoms with van der Waals surface area (Å²) < 4.78 is 19.6. The monoisotopic (exact) mass is 353 g/mol. The first kappa shape index (κ1) is 16.3. The molecule has 0 atom stereocenters. The molecule has 2 aromatic carbocycles. The number of methoxy groups -OCH3 is 1. The van der Waals surface area contributed by atoms with Gasteiger partial charge in [0.05, 0.1) is 13.7 Å². The molecular formula is C19H19N3O4. The number of hydrogen-bond donors (Lipinski definition) is 0. The Morgan fingerprint density at radius 3 is 2.88 bits per heavy atom. The molecule has 3 aromatic rings. The number of fused-ring (bicyclic) bond motifs is 1. The molecule has 26 heavy (non-hydrogen) atoms. The van der Waals surface area contributed by atoms with Crippen LogP contribution in [0.3, 0.4) is 0 Å². The lowest BCUT2D eigenvalue weighted by Crippen LogP contribution is -2.22. The second-order valence-corrected chi connectivity index (χ2v) is 6.12. The van der Waals surface area contributed by atoms with E-state index in [0.29, 0.717) is 23.8 Å². The zero-order valence-corrected chi connectivity index (χ0v) is 14.9. The van der Waals surface area contributed by atoms with Crippen molar-refractivity contribution in [1.82, 2.24) is 14.3 Å². The predicted octanol–water partition coefficient (Wildman–Crippen LogP) is 2.62. The first-order chi connectivity index (χ1) is 12.6. The normalized spacial score (nSPS) is 12.6. The molecule has 0 spiro atoms. The van der Waals surface area contributed by atoms with Gasteiger partial charge < -0.3 is 14.2 Å². The van der Waals surface area contributed by atoms with E-state index in [2.05, 4.69) is 5.10 Å². The van der Waals surface area contributed by atoms with E-state index in [4.69, 9.17) is 14.2 Å². The van der Waals surface area contributed by atoms with Gasteiger partial charge in [-0.2, -0.15) is 0 Å². The van der Waals surface area contributed by atoms with Crippen molar-refractivity contribution in [3.8, 4) is 28.9 Å². The van der Waals surface area contributed by atoms with Gasteiger partial charge >= 0.3 is 11.7 Å². The molecule has 1 aromatic heterocycles. The van der Waals surface area contributed by atoms with Crippen LogP contribution in [0.15, 0.2) is 41.2 Å². The first-order valence-corrected chi connectivity index (χ1v) is 8.32. The van der Waals surface area contributed by atoms with Crippen molar-refractivity contribution in [1.29, 1.82) is 0 Å². The Kier molecular flexibility index (Phi) is 3.91. The van der Waals surface area contributed by atoms with Crippen LogP contribution in [0.4, 0.5) is 0 Å². The second-order valence-electron chi connectivity index (χ2n) is 6.12. The van der Waals surface area contributed by atoms with E-state index < -0.39 is 0 Å².